The molecule has 2 N–H and O–H groups in total. The average Bonchev–Trinajstić information content (AvgIpc) is 2.28. The number of rotatable bonds is 3. The van der Waals surface area contributed by atoms with Crippen molar-refractivity contribution in [3.8, 4) is 5.75 Å². The molecule has 0 saturated heterocycles. The van der Waals surface area contributed by atoms with E-state index in [1.165, 1.54) is 20.3 Å². The number of methoxy groups -OCH3 is 2. The number of halogens is 2. The number of ether oxygens (including phenoxy) is 2. The van der Waals surface area contributed by atoms with Crippen LogP contribution in [0.2, 0.25) is 10.0 Å². The van der Waals surface area contributed by atoms with E-state index in [2.05, 4.69) is 4.74 Å². The molecule has 0 aliphatic rings. The van der Waals surface area contributed by atoms with Gasteiger partial charge in [-0.1, -0.05) is 23.2 Å². The third-order valence-electron chi connectivity index (χ3n) is 2.04. The van der Waals surface area contributed by atoms with Gasteiger partial charge in [0.1, 0.15) is 0 Å². The lowest BCUT2D eigenvalue weighted by molar-refractivity contribution is 0.0600. The Morgan fingerprint density at radius 3 is 2.12 bits per heavy atom. The van der Waals surface area contributed by atoms with E-state index in [4.69, 9.17) is 33.7 Å². The molecule has 1 rings (SSSR count). The topological polar surface area (TPSA) is 78.6 Å². The summed E-state index contributed by atoms with van der Waals surface area (Å²) >= 11 is 11.8. The fourth-order valence-corrected chi connectivity index (χ4v) is 1.90. The Morgan fingerprint density at radius 1 is 1.18 bits per heavy atom. The van der Waals surface area contributed by atoms with Gasteiger partial charge in [-0.3, -0.25) is 4.79 Å². The minimum atomic E-state index is -0.796. The number of benzene rings is 1. The lowest BCUT2D eigenvalue weighted by atomic mass is 10.1. The summed E-state index contributed by atoms with van der Waals surface area (Å²) in [6.07, 6.45) is 0. The fraction of sp³-hybridized carbons (Fsp3) is 0.200. The molecule has 0 unspecified atom stereocenters. The second-order valence-corrected chi connectivity index (χ2v) is 3.74. The van der Waals surface area contributed by atoms with Crippen molar-refractivity contribution in [1.29, 1.82) is 0 Å². The van der Waals surface area contributed by atoms with Gasteiger partial charge in [-0.25, -0.2) is 4.79 Å². The van der Waals surface area contributed by atoms with Crippen LogP contribution in [-0.2, 0) is 4.74 Å². The van der Waals surface area contributed by atoms with Crippen molar-refractivity contribution in [3.05, 3.63) is 27.2 Å². The van der Waals surface area contributed by atoms with Crippen LogP contribution in [0.5, 0.6) is 5.75 Å². The minimum Gasteiger partial charge on any atom is -0.494 e. The number of amides is 1. The van der Waals surface area contributed by atoms with Crippen LogP contribution < -0.4 is 10.5 Å². The molecule has 0 bridgehead atoms. The van der Waals surface area contributed by atoms with Crippen LogP contribution in [0.15, 0.2) is 6.07 Å². The quantitative estimate of drug-likeness (QED) is 0.856. The van der Waals surface area contributed by atoms with Gasteiger partial charge >= 0.3 is 5.97 Å². The van der Waals surface area contributed by atoms with Crippen molar-refractivity contribution in [3.63, 3.8) is 0 Å². The maximum Gasteiger partial charge on any atom is 0.339 e. The van der Waals surface area contributed by atoms with E-state index in [1.54, 1.807) is 0 Å². The molecule has 5 nitrogen and oxygen atoms in total. The van der Waals surface area contributed by atoms with Crippen LogP contribution in [-0.4, -0.2) is 26.1 Å². The molecule has 1 aromatic carbocycles. The Kier molecular flexibility index (Phi) is 4.20. The van der Waals surface area contributed by atoms with Crippen LogP contribution in [0.25, 0.3) is 0 Å². The summed E-state index contributed by atoms with van der Waals surface area (Å²) in [7, 11) is 2.49. The second-order valence-electron chi connectivity index (χ2n) is 2.99. The highest BCUT2D eigenvalue weighted by atomic mass is 35.5. The van der Waals surface area contributed by atoms with Crippen molar-refractivity contribution in [2.45, 2.75) is 0 Å². The molecule has 0 heterocycles. The van der Waals surface area contributed by atoms with Gasteiger partial charge in [0.2, 0.25) is 5.91 Å². The lowest BCUT2D eigenvalue weighted by Gasteiger charge is -2.12. The van der Waals surface area contributed by atoms with Gasteiger partial charge in [-0.15, -0.1) is 0 Å². The molecular weight excluding hydrogens is 269 g/mol. The fourth-order valence-electron chi connectivity index (χ4n) is 1.23. The van der Waals surface area contributed by atoms with Gasteiger partial charge in [-0.2, -0.15) is 0 Å². The summed E-state index contributed by atoms with van der Waals surface area (Å²) in [5.41, 5.74) is 5.03. The van der Waals surface area contributed by atoms with Crippen LogP contribution in [0.4, 0.5) is 0 Å². The highest BCUT2D eigenvalue weighted by Crippen LogP contribution is 2.38. The first-order valence-corrected chi connectivity index (χ1v) is 5.13. The minimum absolute atomic E-state index is 0.00466. The Balaban J connectivity index is 3.58. The Bertz CT molecular complexity index is 488. The standard InChI is InChI=1S/C10H9Cl2NO4/c1-16-8-6(11)4(9(13)14)3-5(7(8)12)10(15)17-2/h3H,1-2H3,(H2,13,14). The predicted octanol–water partition coefficient (Wildman–Crippen LogP) is 1.89. The summed E-state index contributed by atoms with van der Waals surface area (Å²) in [6, 6.07) is 1.17. The van der Waals surface area contributed by atoms with E-state index in [9.17, 15) is 9.59 Å². The van der Waals surface area contributed by atoms with Gasteiger partial charge < -0.3 is 15.2 Å². The summed E-state index contributed by atoms with van der Waals surface area (Å²) in [5, 5.41) is -0.0768. The molecule has 1 amide bonds. The van der Waals surface area contributed by atoms with Crippen LogP contribution in [0, 0.1) is 0 Å². The highest BCUT2D eigenvalue weighted by Gasteiger charge is 2.23. The molecule has 0 atom stereocenters. The van der Waals surface area contributed by atoms with Crippen molar-refractivity contribution >= 4 is 35.1 Å². The summed E-state index contributed by atoms with van der Waals surface area (Å²) in [6.45, 7) is 0. The second kappa shape index (κ2) is 5.25. The van der Waals surface area contributed by atoms with Gasteiger partial charge in [0.05, 0.1) is 35.4 Å². The molecule has 0 saturated carbocycles. The van der Waals surface area contributed by atoms with Gasteiger partial charge in [0.15, 0.2) is 5.75 Å². The largest absolute Gasteiger partial charge is 0.494 e. The molecule has 92 valence electrons. The number of hydrogen-bond donors (Lipinski definition) is 1. The predicted molar refractivity (Wildman–Crippen MR) is 62.9 cm³/mol. The zero-order valence-electron chi connectivity index (χ0n) is 9.04. The first kappa shape index (κ1) is 13.6. The number of carbonyl (C=O) groups excluding carboxylic acids is 2. The first-order valence-electron chi connectivity index (χ1n) is 4.38. The van der Waals surface area contributed by atoms with Crippen molar-refractivity contribution < 1.29 is 19.1 Å². The maximum absolute atomic E-state index is 11.4. The van der Waals surface area contributed by atoms with E-state index >= 15 is 0 Å². The van der Waals surface area contributed by atoms with E-state index in [-0.39, 0.29) is 26.9 Å². The van der Waals surface area contributed by atoms with Crippen molar-refractivity contribution in [1.82, 2.24) is 0 Å². The SMILES string of the molecule is COC(=O)c1cc(C(N)=O)c(Cl)c(OC)c1Cl. The van der Waals surface area contributed by atoms with Gasteiger partial charge in [0, 0.05) is 0 Å². The highest BCUT2D eigenvalue weighted by molar-refractivity contribution is 6.40. The number of hydrogen-bond acceptors (Lipinski definition) is 4. The molecular formula is C10H9Cl2NO4. The van der Waals surface area contributed by atoms with Gasteiger partial charge in [-0.05, 0) is 6.07 Å². The summed E-state index contributed by atoms with van der Waals surface area (Å²) in [4.78, 5) is 22.6. The molecule has 0 aromatic heterocycles. The van der Waals surface area contributed by atoms with E-state index in [0.29, 0.717) is 0 Å². The summed E-state index contributed by atoms with van der Waals surface area (Å²) in [5.74, 6) is -1.51. The molecule has 0 aliphatic heterocycles. The average molecular weight is 278 g/mol. The molecule has 0 fully saturated rings. The van der Waals surface area contributed by atoms with Crippen molar-refractivity contribution in [2.24, 2.45) is 5.73 Å². The van der Waals surface area contributed by atoms with Crippen LogP contribution in [0.3, 0.4) is 0 Å². The Labute approximate surface area is 107 Å². The molecule has 17 heavy (non-hydrogen) atoms. The first-order chi connectivity index (χ1) is 7.93. The zero-order valence-corrected chi connectivity index (χ0v) is 10.6. The van der Waals surface area contributed by atoms with E-state index < -0.39 is 11.9 Å². The van der Waals surface area contributed by atoms with Crippen molar-refractivity contribution in [2.75, 3.05) is 14.2 Å². The van der Waals surface area contributed by atoms with Crippen LogP contribution in [0.1, 0.15) is 20.7 Å². The number of carbonyl (C=O) groups is 2. The molecule has 1 aromatic rings. The van der Waals surface area contributed by atoms with E-state index in [1.807, 2.05) is 0 Å². The van der Waals surface area contributed by atoms with Crippen LogP contribution >= 0.6 is 23.2 Å². The Hall–Kier alpha value is -1.46. The molecule has 0 radical (unpaired) electrons. The maximum atomic E-state index is 11.4. The molecule has 7 heteroatoms. The normalized spacial score (nSPS) is 9.88. The molecule has 0 aliphatic carbocycles. The smallest absolute Gasteiger partial charge is 0.339 e. The zero-order chi connectivity index (χ0) is 13.2. The number of primary amides is 1. The molecule has 0 spiro atoms. The summed E-state index contributed by atoms with van der Waals surface area (Å²) < 4.78 is 9.44. The van der Waals surface area contributed by atoms with Gasteiger partial charge in [0.25, 0.3) is 0 Å². The third-order valence-corrected chi connectivity index (χ3v) is 2.79. The monoisotopic (exact) mass is 277 g/mol. The third kappa shape index (κ3) is 2.45. The number of nitrogens with two attached hydrogens (primary N) is 1. The number of esters is 1. The lowest BCUT2D eigenvalue weighted by Crippen LogP contribution is -2.14. The van der Waals surface area contributed by atoms with E-state index in [0.717, 1.165) is 0 Å². The Morgan fingerprint density at radius 2 is 1.71 bits per heavy atom.